The van der Waals surface area contributed by atoms with E-state index in [0.717, 1.165) is 12.8 Å². The number of nitrogens with zero attached hydrogens (tertiary/aromatic N) is 1. The SMILES string of the molecule is Nc1cc(F)cc2nc(C3CCCC3)oc12. The van der Waals surface area contributed by atoms with E-state index in [1.807, 2.05) is 0 Å². The van der Waals surface area contributed by atoms with Gasteiger partial charge in [0, 0.05) is 18.1 Å². The van der Waals surface area contributed by atoms with Crippen LogP contribution in [0.25, 0.3) is 11.1 Å². The Morgan fingerprint density at radius 1 is 1.31 bits per heavy atom. The normalized spacial score (nSPS) is 17.3. The topological polar surface area (TPSA) is 52.0 Å². The monoisotopic (exact) mass is 220 g/mol. The second kappa shape index (κ2) is 3.47. The summed E-state index contributed by atoms with van der Waals surface area (Å²) in [5.41, 5.74) is 7.07. The molecule has 1 aliphatic rings. The number of anilines is 1. The molecule has 0 saturated heterocycles. The van der Waals surface area contributed by atoms with Gasteiger partial charge in [-0.2, -0.15) is 0 Å². The van der Waals surface area contributed by atoms with Crippen LogP contribution in [-0.4, -0.2) is 4.98 Å². The summed E-state index contributed by atoms with van der Waals surface area (Å²) in [6.45, 7) is 0. The van der Waals surface area contributed by atoms with Gasteiger partial charge in [0.15, 0.2) is 11.5 Å². The molecule has 0 atom stereocenters. The first-order chi connectivity index (χ1) is 7.74. The van der Waals surface area contributed by atoms with Crippen LogP contribution in [0.4, 0.5) is 10.1 Å². The Hall–Kier alpha value is -1.58. The molecule has 3 rings (SSSR count). The van der Waals surface area contributed by atoms with Gasteiger partial charge in [-0.3, -0.25) is 0 Å². The molecule has 0 amide bonds. The van der Waals surface area contributed by atoms with Crippen LogP contribution in [0.15, 0.2) is 16.5 Å². The van der Waals surface area contributed by atoms with Crippen molar-refractivity contribution in [2.24, 2.45) is 0 Å². The predicted molar refractivity (Wildman–Crippen MR) is 59.6 cm³/mol. The molecule has 2 aromatic rings. The van der Waals surface area contributed by atoms with Crippen LogP contribution in [0.3, 0.4) is 0 Å². The molecule has 3 nitrogen and oxygen atoms in total. The van der Waals surface area contributed by atoms with Crippen LogP contribution in [0.1, 0.15) is 37.5 Å². The minimum atomic E-state index is -0.365. The molecule has 1 aliphatic carbocycles. The zero-order valence-corrected chi connectivity index (χ0v) is 8.87. The van der Waals surface area contributed by atoms with Gasteiger partial charge in [0.1, 0.15) is 11.3 Å². The number of benzene rings is 1. The average Bonchev–Trinajstić information content (AvgIpc) is 2.82. The summed E-state index contributed by atoms with van der Waals surface area (Å²) in [4.78, 5) is 4.33. The molecular formula is C12H13FN2O. The number of hydrogen-bond donors (Lipinski definition) is 1. The van der Waals surface area contributed by atoms with Crippen LogP contribution in [0.5, 0.6) is 0 Å². The summed E-state index contributed by atoms with van der Waals surface area (Å²) in [7, 11) is 0. The van der Waals surface area contributed by atoms with Crippen LogP contribution in [-0.2, 0) is 0 Å². The number of nitrogen functional groups attached to an aromatic ring is 1. The van der Waals surface area contributed by atoms with Crippen LogP contribution < -0.4 is 5.73 Å². The molecule has 84 valence electrons. The molecule has 1 aromatic carbocycles. The molecule has 0 bridgehead atoms. The van der Waals surface area contributed by atoms with Crippen molar-refractivity contribution in [3.05, 3.63) is 23.8 Å². The van der Waals surface area contributed by atoms with Crippen LogP contribution in [0.2, 0.25) is 0 Å². The summed E-state index contributed by atoms with van der Waals surface area (Å²) in [6.07, 6.45) is 4.64. The van der Waals surface area contributed by atoms with Crippen LogP contribution in [0, 0.1) is 5.82 Å². The van der Waals surface area contributed by atoms with E-state index in [-0.39, 0.29) is 5.82 Å². The van der Waals surface area contributed by atoms with Crippen molar-refractivity contribution < 1.29 is 8.81 Å². The lowest BCUT2D eigenvalue weighted by Gasteiger charge is -2.00. The minimum absolute atomic E-state index is 0.326. The Morgan fingerprint density at radius 3 is 2.81 bits per heavy atom. The van der Waals surface area contributed by atoms with E-state index < -0.39 is 0 Å². The highest BCUT2D eigenvalue weighted by molar-refractivity contribution is 5.84. The van der Waals surface area contributed by atoms with E-state index >= 15 is 0 Å². The summed E-state index contributed by atoms with van der Waals surface area (Å²) in [6, 6.07) is 2.64. The number of nitrogens with two attached hydrogens (primary N) is 1. The lowest BCUT2D eigenvalue weighted by Crippen LogP contribution is -1.90. The van der Waals surface area contributed by atoms with Crippen molar-refractivity contribution in [1.82, 2.24) is 4.98 Å². The third kappa shape index (κ3) is 1.45. The zero-order chi connectivity index (χ0) is 11.1. The fourth-order valence-corrected chi connectivity index (χ4v) is 2.39. The molecule has 1 heterocycles. The largest absolute Gasteiger partial charge is 0.438 e. The first kappa shape index (κ1) is 9.63. The standard InChI is InChI=1S/C12H13FN2O/c13-8-5-9(14)11-10(6-8)15-12(16-11)7-3-1-2-4-7/h5-7H,1-4,14H2. The van der Waals surface area contributed by atoms with Crippen molar-refractivity contribution in [2.75, 3.05) is 5.73 Å². The summed E-state index contributed by atoms with van der Waals surface area (Å²) in [5.74, 6) is 0.732. The molecule has 0 radical (unpaired) electrons. The highest BCUT2D eigenvalue weighted by Crippen LogP contribution is 2.36. The molecule has 0 unspecified atom stereocenters. The van der Waals surface area contributed by atoms with Crippen molar-refractivity contribution >= 4 is 16.8 Å². The maximum Gasteiger partial charge on any atom is 0.198 e. The number of oxazole rings is 1. The Kier molecular flexibility index (Phi) is 2.09. The lowest BCUT2D eigenvalue weighted by molar-refractivity contribution is 0.475. The fraction of sp³-hybridized carbons (Fsp3) is 0.417. The van der Waals surface area contributed by atoms with E-state index in [1.54, 1.807) is 0 Å². The molecular weight excluding hydrogens is 207 g/mol. The summed E-state index contributed by atoms with van der Waals surface area (Å²) < 4.78 is 18.8. The molecule has 2 N–H and O–H groups in total. The van der Waals surface area contributed by atoms with Crippen LogP contribution >= 0.6 is 0 Å². The summed E-state index contributed by atoms with van der Waals surface area (Å²) in [5, 5.41) is 0. The van der Waals surface area contributed by atoms with Gasteiger partial charge >= 0.3 is 0 Å². The van der Waals surface area contributed by atoms with Crippen molar-refractivity contribution in [1.29, 1.82) is 0 Å². The Balaban J connectivity index is 2.11. The highest BCUT2D eigenvalue weighted by Gasteiger charge is 2.23. The lowest BCUT2D eigenvalue weighted by atomic mass is 10.1. The molecule has 1 aromatic heterocycles. The van der Waals surface area contributed by atoms with E-state index in [9.17, 15) is 4.39 Å². The fourth-order valence-electron chi connectivity index (χ4n) is 2.39. The second-order valence-electron chi connectivity index (χ2n) is 4.38. The second-order valence-corrected chi connectivity index (χ2v) is 4.38. The summed E-state index contributed by atoms with van der Waals surface area (Å²) >= 11 is 0. The van der Waals surface area contributed by atoms with Gasteiger partial charge in [-0.05, 0) is 12.8 Å². The van der Waals surface area contributed by atoms with Crippen molar-refractivity contribution in [3.8, 4) is 0 Å². The third-order valence-corrected chi connectivity index (χ3v) is 3.20. The average molecular weight is 220 g/mol. The maximum absolute atomic E-state index is 13.1. The van der Waals surface area contributed by atoms with Gasteiger partial charge in [0.05, 0.1) is 5.69 Å². The van der Waals surface area contributed by atoms with Gasteiger partial charge in [-0.25, -0.2) is 9.37 Å². The number of aromatic nitrogens is 1. The van der Waals surface area contributed by atoms with Gasteiger partial charge in [-0.15, -0.1) is 0 Å². The number of hydrogen-bond acceptors (Lipinski definition) is 3. The number of halogens is 1. The third-order valence-electron chi connectivity index (χ3n) is 3.20. The van der Waals surface area contributed by atoms with Gasteiger partial charge in [0.2, 0.25) is 0 Å². The minimum Gasteiger partial charge on any atom is -0.438 e. The molecule has 1 fully saturated rings. The Bertz CT molecular complexity index is 529. The predicted octanol–water partition coefficient (Wildman–Crippen LogP) is 3.21. The number of fused-ring (bicyclic) bond motifs is 1. The Labute approximate surface area is 92.5 Å². The van der Waals surface area contributed by atoms with Gasteiger partial charge in [0.25, 0.3) is 0 Å². The van der Waals surface area contributed by atoms with E-state index in [4.69, 9.17) is 10.2 Å². The first-order valence-corrected chi connectivity index (χ1v) is 5.59. The highest BCUT2D eigenvalue weighted by atomic mass is 19.1. The molecule has 4 heteroatoms. The Morgan fingerprint density at radius 2 is 2.06 bits per heavy atom. The van der Waals surface area contributed by atoms with Crippen molar-refractivity contribution in [3.63, 3.8) is 0 Å². The van der Waals surface area contributed by atoms with Gasteiger partial charge < -0.3 is 10.2 Å². The van der Waals surface area contributed by atoms with Crippen molar-refractivity contribution in [2.45, 2.75) is 31.6 Å². The molecule has 0 spiro atoms. The van der Waals surface area contributed by atoms with E-state index in [2.05, 4.69) is 4.98 Å². The van der Waals surface area contributed by atoms with E-state index in [1.165, 1.54) is 25.0 Å². The molecule has 16 heavy (non-hydrogen) atoms. The quantitative estimate of drug-likeness (QED) is 0.751. The zero-order valence-electron chi connectivity index (χ0n) is 8.87. The first-order valence-electron chi connectivity index (χ1n) is 5.59. The number of rotatable bonds is 1. The molecule has 1 saturated carbocycles. The van der Waals surface area contributed by atoms with Gasteiger partial charge in [-0.1, -0.05) is 12.8 Å². The van der Waals surface area contributed by atoms with E-state index in [0.29, 0.717) is 28.6 Å². The maximum atomic E-state index is 13.1. The smallest absolute Gasteiger partial charge is 0.198 e. The molecule has 0 aliphatic heterocycles.